The van der Waals surface area contributed by atoms with E-state index in [4.69, 9.17) is 0 Å². The number of aliphatic hydroxyl groups excluding tert-OH is 1. The number of allylic oxidation sites excluding steroid dienone is 2. The van der Waals surface area contributed by atoms with Crippen molar-refractivity contribution in [1.82, 2.24) is 0 Å². The zero-order valence-electron chi connectivity index (χ0n) is 13.3. The van der Waals surface area contributed by atoms with Gasteiger partial charge in [-0.25, -0.2) is 0 Å². The van der Waals surface area contributed by atoms with E-state index in [1.54, 1.807) is 12.1 Å². The number of carbonyl (C=O) groups excluding carboxylic acids is 1. The molecule has 0 aliphatic heterocycles. The summed E-state index contributed by atoms with van der Waals surface area (Å²) in [6.45, 7) is 7.98. The number of rotatable bonds is 3. The summed E-state index contributed by atoms with van der Waals surface area (Å²) >= 11 is 0. The van der Waals surface area contributed by atoms with Crippen LogP contribution < -0.4 is 0 Å². The van der Waals surface area contributed by atoms with E-state index in [1.807, 2.05) is 27.7 Å². The van der Waals surface area contributed by atoms with Gasteiger partial charge in [0.2, 0.25) is 0 Å². The summed E-state index contributed by atoms with van der Waals surface area (Å²) < 4.78 is 0. The van der Waals surface area contributed by atoms with Crippen molar-refractivity contribution in [3.63, 3.8) is 0 Å². The number of Topliss-reactive ketones (excluding diaryl/α,β-unsaturated/α-hetero) is 1. The van der Waals surface area contributed by atoms with Crippen LogP contribution in [-0.2, 0) is 17.6 Å². The van der Waals surface area contributed by atoms with Gasteiger partial charge in [-0.15, -0.1) is 0 Å². The fourth-order valence-corrected chi connectivity index (χ4v) is 3.20. The molecule has 3 nitrogen and oxygen atoms in total. The van der Waals surface area contributed by atoms with Crippen molar-refractivity contribution in [2.45, 2.75) is 53.4 Å². The predicted molar refractivity (Wildman–Crippen MR) is 84.4 cm³/mol. The Labute approximate surface area is 126 Å². The summed E-state index contributed by atoms with van der Waals surface area (Å²) in [4.78, 5) is 12.6. The van der Waals surface area contributed by atoms with E-state index in [1.165, 1.54) is 0 Å². The first-order chi connectivity index (χ1) is 9.79. The van der Waals surface area contributed by atoms with Crippen LogP contribution >= 0.6 is 0 Å². The summed E-state index contributed by atoms with van der Waals surface area (Å²) in [6, 6.07) is 3.39. The molecule has 0 unspecified atom stereocenters. The first-order valence-corrected chi connectivity index (χ1v) is 7.59. The van der Waals surface area contributed by atoms with Gasteiger partial charge in [0, 0.05) is 12.8 Å². The van der Waals surface area contributed by atoms with E-state index < -0.39 is 0 Å². The minimum absolute atomic E-state index is 0.00107. The van der Waals surface area contributed by atoms with Gasteiger partial charge in [-0.1, -0.05) is 27.7 Å². The number of aromatic hydroxyl groups is 1. The smallest absolute Gasteiger partial charge is 0.167 e. The van der Waals surface area contributed by atoms with Gasteiger partial charge in [0.1, 0.15) is 11.5 Å². The second-order valence-corrected chi connectivity index (χ2v) is 6.61. The lowest BCUT2D eigenvalue weighted by Crippen LogP contribution is -2.26. The lowest BCUT2D eigenvalue weighted by atomic mass is 9.73. The monoisotopic (exact) mass is 288 g/mol. The topological polar surface area (TPSA) is 57.5 Å². The molecule has 0 saturated carbocycles. The second kappa shape index (κ2) is 5.55. The number of hydrogen-bond donors (Lipinski definition) is 2. The maximum atomic E-state index is 12.6. The van der Waals surface area contributed by atoms with Crippen LogP contribution in [0.5, 0.6) is 5.75 Å². The molecule has 0 bridgehead atoms. The third-order valence-electron chi connectivity index (χ3n) is 4.15. The fraction of sp³-hybridized carbons (Fsp3) is 0.500. The molecule has 1 aliphatic rings. The first kappa shape index (κ1) is 15.6. The standard InChI is InChI=1S/C18H24O3/c1-5-11-7-13(19)8-12(6-2)16(11)17-14(20)9-18(3,4)10-15(17)21/h7-8,19-20H,5-6,9-10H2,1-4H3. The zero-order valence-corrected chi connectivity index (χ0v) is 13.3. The van der Waals surface area contributed by atoms with E-state index in [2.05, 4.69) is 0 Å². The Bertz CT molecular complexity index is 584. The molecule has 1 aromatic rings. The molecule has 0 atom stereocenters. The van der Waals surface area contributed by atoms with Crippen LogP contribution in [0.25, 0.3) is 5.57 Å². The van der Waals surface area contributed by atoms with Crippen molar-refractivity contribution in [2.75, 3.05) is 0 Å². The number of phenolic OH excluding ortho intramolecular Hbond substituents is 1. The minimum Gasteiger partial charge on any atom is -0.512 e. The third-order valence-corrected chi connectivity index (χ3v) is 4.15. The highest BCUT2D eigenvalue weighted by molar-refractivity contribution is 6.23. The van der Waals surface area contributed by atoms with Gasteiger partial charge in [0.15, 0.2) is 5.78 Å². The molecule has 0 aromatic heterocycles. The van der Waals surface area contributed by atoms with Crippen molar-refractivity contribution in [1.29, 1.82) is 0 Å². The zero-order chi connectivity index (χ0) is 15.8. The highest BCUT2D eigenvalue weighted by atomic mass is 16.3. The van der Waals surface area contributed by atoms with Gasteiger partial charge < -0.3 is 10.2 Å². The molecular weight excluding hydrogens is 264 g/mol. The van der Waals surface area contributed by atoms with Crippen molar-refractivity contribution >= 4 is 11.4 Å². The Kier molecular flexibility index (Phi) is 4.13. The predicted octanol–water partition coefficient (Wildman–Crippen LogP) is 4.18. The number of carbonyl (C=O) groups is 1. The summed E-state index contributed by atoms with van der Waals surface area (Å²) in [6.07, 6.45) is 2.38. The van der Waals surface area contributed by atoms with E-state index >= 15 is 0 Å². The molecule has 0 saturated heterocycles. The summed E-state index contributed by atoms with van der Waals surface area (Å²) in [5, 5.41) is 20.3. The highest BCUT2D eigenvalue weighted by Gasteiger charge is 2.35. The van der Waals surface area contributed by atoms with Crippen LogP contribution in [0, 0.1) is 5.41 Å². The van der Waals surface area contributed by atoms with Crippen LogP contribution in [0.15, 0.2) is 17.9 Å². The van der Waals surface area contributed by atoms with E-state index in [-0.39, 0.29) is 22.7 Å². The highest BCUT2D eigenvalue weighted by Crippen LogP contribution is 2.41. The van der Waals surface area contributed by atoms with Crippen molar-refractivity contribution in [3.8, 4) is 5.75 Å². The van der Waals surface area contributed by atoms with Gasteiger partial charge in [-0.2, -0.15) is 0 Å². The fourth-order valence-electron chi connectivity index (χ4n) is 3.20. The summed E-state index contributed by atoms with van der Waals surface area (Å²) in [5.74, 6) is 0.404. The molecule has 1 aliphatic carbocycles. The van der Waals surface area contributed by atoms with Crippen LogP contribution in [0.3, 0.4) is 0 Å². The second-order valence-electron chi connectivity index (χ2n) is 6.61. The molecule has 2 N–H and O–H groups in total. The Balaban J connectivity index is 2.68. The minimum atomic E-state index is -0.194. The van der Waals surface area contributed by atoms with Gasteiger partial charge in [-0.05, 0) is 47.1 Å². The first-order valence-electron chi connectivity index (χ1n) is 7.59. The van der Waals surface area contributed by atoms with Crippen molar-refractivity contribution in [2.24, 2.45) is 5.41 Å². The average Bonchev–Trinajstić information content (AvgIpc) is 2.37. The maximum absolute atomic E-state index is 12.6. The Morgan fingerprint density at radius 3 is 2.00 bits per heavy atom. The quantitative estimate of drug-likeness (QED) is 0.877. The van der Waals surface area contributed by atoms with Crippen LogP contribution in [0.4, 0.5) is 0 Å². The molecule has 0 radical (unpaired) electrons. The lowest BCUT2D eigenvalue weighted by Gasteiger charge is -2.31. The molecule has 21 heavy (non-hydrogen) atoms. The Morgan fingerprint density at radius 2 is 1.57 bits per heavy atom. The molecule has 0 heterocycles. The molecule has 0 amide bonds. The van der Waals surface area contributed by atoms with Crippen molar-refractivity contribution < 1.29 is 15.0 Å². The average molecular weight is 288 g/mol. The molecule has 1 aromatic carbocycles. The van der Waals surface area contributed by atoms with Crippen molar-refractivity contribution in [3.05, 3.63) is 34.6 Å². The van der Waals surface area contributed by atoms with E-state index in [0.29, 0.717) is 31.3 Å². The normalized spacial score (nSPS) is 18.2. The molecule has 114 valence electrons. The van der Waals surface area contributed by atoms with E-state index in [9.17, 15) is 15.0 Å². The van der Waals surface area contributed by atoms with Gasteiger partial charge in [0.05, 0.1) is 5.57 Å². The number of aryl methyl sites for hydroxylation is 2. The lowest BCUT2D eigenvalue weighted by molar-refractivity contribution is -0.116. The number of ketones is 1. The van der Waals surface area contributed by atoms with Crippen LogP contribution in [0.1, 0.15) is 57.2 Å². The van der Waals surface area contributed by atoms with Crippen LogP contribution in [0.2, 0.25) is 0 Å². The molecule has 2 rings (SSSR count). The van der Waals surface area contributed by atoms with E-state index in [0.717, 1.165) is 16.7 Å². The third kappa shape index (κ3) is 2.97. The Morgan fingerprint density at radius 1 is 1.05 bits per heavy atom. The molecular formula is C18H24O3. The molecule has 0 spiro atoms. The number of phenols is 1. The SMILES string of the molecule is CCc1cc(O)cc(CC)c1C1=C(O)CC(C)(C)CC1=O. The summed E-state index contributed by atoms with van der Waals surface area (Å²) in [7, 11) is 0. The molecule has 0 fully saturated rings. The van der Waals surface area contributed by atoms with Gasteiger partial charge in [-0.3, -0.25) is 4.79 Å². The van der Waals surface area contributed by atoms with Gasteiger partial charge in [0.25, 0.3) is 0 Å². The summed E-state index contributed by atoms with van der Waals surface area (Å²) in [5.41, 5.74) is 2.93. The maximum Gasteiger partial charge on any atom is 0.167 e. The number of aliphatic hydroxyl groups is 1. The molecule has 3 heteroatoms. The Hall–Kier alpha value is -1.77. The van der Waals surface area contributed by atoms with Gasteiger partial charge >= 0.3 is 0 Å². The number of hydrogen-bond acceptors (Lipinski definition) is 3. The largest absolute Gasteiger partial charge is 0.512 e. The van der Waals surface area contributed by atoms with Crippen LogP contribution in [-0.4, -0.2) is 16.0 Å². The number of benzene rings is 1.